The van der Waals surface area contributed by atoms with Gasteiger partial charge in [-0.05, 0) is 14.1 Å². The molecule has 0 aliphatic carbocycles. The van der Waals surface area contributed by atoms with Crippen molar-refractivity contribution in [2.24, 2.45) is 0 Å². The first kappa shape index (κ1) is 6.99. The van der Waals surface area contributed by atoms with Crippen molar-refractivity contribution in [3.8, 4) is 0 Å². The van der Waals surface area contributed by atoms with E-state index in [0.717, 1.165) is 13.1 Å². The molecule has 0 atom stereocenters. The van der Waals surface area contributed by atoms with E-state index in [-0.39, 0.29) is 0 Å². The maximum absolute atomic E-state index is 9.48. The molecule has 3 heteroatoms. The first-order valence-corrected chi connectivity index (χ1v) is 3.22. The van der Waals surface area contributed by atoms with Gasteiger partial charge in [0, 0.05) is 19.6 Å². The minimum Gasteiger partial charge on any atom is -0.386 e. The molecule has 0 saturated carbocycles. The minimum atomic E-state index is -0.441. The van der Waals surface area contributed by atoms with Gasteiger partial charge >= 0.3 is 0 Å². The van der Waals surface area contributed by atoms with Gasteiger partial charge in [0.05, 0.1) is 0 Å². The minimum absolute atomic E-state index is 0.441. The zero-order valence-corrected chi connectivity index (χ0v) is 6.02. The van der Waals surface area contributed by atoms with E-state index >= 15 is 0 Å². The van der Waals surface area contributed by atoms with Crippen LogP contribution in [-0.4, -0.2) is 49.3 Å². The van der Waals surface area contributed by atoms with Crippen LogP contribution in [0.3, 0.4) is 0 Å². The molecule has 0 aromatic carbocycles. The number of β-amino-alcohol motifs (C(OH)–C–C–N with tert-alkyl or cyclic N) is 1. The second-order valence-corrected chi connectivity index (χ2v) is 2.93. The Bertz CT molecular complexity index is 93.7. The van der Waals surface area contributed by atoms with E-state index in [2.05, 4.69) is 10.2 Å². The van der Waals surface area contributed by atoms with E-state index in [1.54, 1.807) is 0 Å². The average Bonchev–Trinajstić information content (AvgIpc) is 1.62. The largest absolute Gasteiger partial charge is 0.386 e. The summed E-state index contributed by atoms with van der Waals surface area (Å²) in [4.78, 5) is 2.09. The highest BCUT2D eigenvalue weighted by molar-refractivity contribution is 4.94. The summed E-state index contributed by atoms with van der Waals surface area (Å²) in [6, 6.07) is 0. The lowest BCUT2D eigenvalue weighted by Crippen LogP contribution is -2.64. The summed E-state index contributed by atoms with van der Waals surface area (Å²) in [5.41, 5.74) is -0.441. The number of rotatable bonds is 2. The fourth-order valence-corrected chi connectivity index (χ4v) is 1.40. The SMILES string of the molecule is CNCC1(O)CN(C)C1. The van der Waals surface area contributed by atoms with Crippen molar-refractivity contribution in [3.05, 3.63) is 0 Å². The third kappa shape index (κ3) is 1.41. The van der Waals surface area contributed by atoms with Crippen LogP contribution in [0.5, 0.6) is 0 Å². The molecule has 1 rings (SSSR count). The van der Waals surface area contributed by atoms with Crippen LogP contribution in [0.4, 0.5) is 0 Å². The third-order valence-electron chi connectivity index (χ3n) is 1.63. The highest BCUT2D eigenvalue weighted by atomic mass is 16.3. The molecule has 0 aromatic heterocycles. The van der Waals surface area contributed by atoms with Crippen molar-refractivity contribution in [3.63, 3.8) is 0 Å². The molecule has 1 aliphatic rings. The number of aliphatic hydroxyl groups is 1. The molecule has 0 unspecified atom stereocenters. The maximum Gasteiger partial charge on any atom is 0.102 e. The Hall–Kier alpha value is -0.120. The van der Waals surface area contributed by atoms with Crippen molar-refractivity contribution in [2.75, 3.05) is 33.7 Å². The van der Waals surface area contributed by atoms with Gasteiger partial charge in [-0.3, -0.25) is 0 Å². The van der Waals surface area contributed by atoms with Crippen molar-refractivity contribution in [1.82, 2.24) is 10.2 Å². The number of hydrogen-bond donors (Lipinski definition) is 2. The van der Waals surface area contributed by atoms with Crippen molar-refractivity contribution in [1.29, 1.82) is 0 Å². The topological polar surface area (TPSA) is 35.5 Å². The highest BCUT2D eigenvalue weighted by Gasteiger charge is 2.37. The predicted molar refractivity (Wildman–Crippen MR) is 36.4 cm³/mol. The van der Waals surface area contributed by atoms with Gasteiger partial charge in [0.2, 0.25) is 0 Å². The van der Waals surface area contributed by atoms with Crippen LogP contribution in [-0.2, 0) is 0 Å². The maximum atomic E-state index is 9.48. The fourth-order valence-electron chi connectivity index (χ4n) is 1.40. The standard InChI is InChI=1S/C6H14N2O/c1-7-3-6(9)4-8(2)5-6/h7,9H,3-5H2,1-2H3. The van der Waals surface area contributed by atoms with E-state index in [1.165, 1.54) is 0 Å². The van der Waals surface area contributed by atoms with Gasteiger partial charge in [-0.2, -0.15) is 0 Å². The van der Waals surface area contributed by atoms with Gasteiger partial charge in [0.25, 0.3) is 0 Å². The number of nitrogens with zero attached hydrogens (tertiary/aromatic N) is 1. The van der Waals surface area contributed by atoms with Crippen LogP contribution in [0.2, 0.25) is 0 Å². The number of likely N-dealkylation sites (tertiary alicyclic amines) is 1. The molecule has 0 aromatic rings. The molecule has 3 nitrogen and oxygen atoms in total. The quantitative estimate of drug-likeness (QED) is 0.497. The molecular weight excluding hydrogens is 116 g/mol. The highest BCUT2D eigenvalue weighted by Crippen LogP contribution is 2.16. The van der Waals surface area contributed by atoms with Crippen LogP contribution in [0, 0.1) is 0 Å². The van der Waals surface area contributed by atoms with Gasteiger partial charge in [-0.1, -0.05) is 0 Å². The summed E-state index contributed by atoms with van der Waals surface area (Å²) in [6.45, 7) is 2.30. The van der Waals surface area contributed by atoms with Crippen molar-refractivity contribution < 1.29 is 5.11 Å². The fraction of sp³-hybridized carbons (Fsp3) is 1.00. The summed E-state index contributed by atoms with van der Waals surface area (Å²) in [6.07, 6.45) is 0. The lowest BCUT2D eigenvalue weighted by atomic mass is 9.95. The summed E-state index contributed by atoms with van der Waals surface area (Å²) >= 11 is 0. The molecule has 0 radical (unpaired) electrons. The first-order chi connectivity index (χ1) is 4.16. The average molecular weight is 130 g/mol. The molecule has 1 heterocycles. The molecular formula is C6H14N2O. The van der Waals surface area contributed by atoms with E-state index in [9.17, 15) is 5.11 Å². The third-order valence-corrected chi connectivity index (χ3v) is 1.63. The van der Waals surface area contributed by atoms with Gasteiger partial charge < -0.3 is 15.3 Å². The van der Waals surface area contributed by atoms with Crippen molar-refractivity contribution >= 4 is 0 Å². The van der Waals surface area contributed by atoms with Crippen LogP contribution < -0.4 is 5.32 Å². The first-order valence-electron chi connectivity index (χ1n) is 3.22. The molecule has 9 heavy (non-hydrogen) atoms. The molecule has 1 saturated heterocycles. The summed E-state index contributed by atoms with van der Waals surface area (Å²) in [5.74, 6) is 0. The molecule has 0 amide bonds. The Morgan fingerprint density at radius 2 is 2.22 bits per heavy atom. The Morgan fingerprint density at radius 3 is 2.56 bits per heavy atom. The van der Waals surface area contributed by atoms with Gasteiger partial charge in [0.15, 0.2) is 0 Å². The van der Waals surface area contributed by atoms with E-state index < -0.39 is 5.60 Å². The second-order valence-electron chi connectivity index (χ2n) is 2.93. The Morgan fingerprint density at radius 1 is 1.67 bits per heavy atom. The van der Waals surface area contributed by atoms with Crippen LogP contribution in [0.1, 0.15) is 0 Å². The lowest BCUT2D eigenvalue weighted by molar-refractivity contribution is -0.0822. The van der Waals surface area contributed by atoms with Crippen LogP contribution >= 0.6 is 0 Å². The number of likely N-dealkylation sites (N-methyl/N-ethyl adjacent to an activating group) is 2. The summed E-state index contributed by atoms with van der Waals surface area (Å²) < 4.78 is 0. The normalized spacial score (nSPS) is 25.7. The number of nitrogens with one attached hydrogen (secondary N) is 1. The van der Waals surface area contributed by atoms with E-state index in [4.69, 9.17) is 0 Å². The molecule has 1 aliphatic heterocycles. The van der Waals surface area contributed by atoms with Gasteiger partial charge in [-0.25, -0.2) is 0 Å². The van der Waals surface area contributed by atoms with Gasteiger partial charge in [-0.15, -0.1) is 0 Å². The zero-order chi connectivity index (χ0) is 6.91. The van der Waals surface area contributed by atoms with Gasteiger partial charge in [0.1, 0.15) is 5.60 Å². The molecule has 1 fully saturated rings. The lowest BCUT2D eigenvalue weighted by Gasteiger charge is -2.44. The Balaban J connectivity index is 2.23. The van der Waals surface area contributed by atoms with E-state index in [0.29, 0.717) is 6.54 Å². The Kier molecular flexibility index (Phi) is 1.75. The van der Waals surface area contributed by atoms with E-state index in [1.807, 2.05) is 14.1 Å². The monoisotopic (exact) mass is 130 g/mol. The predicted octanol–water partition coefficient (Wildman–Crippen LogP) is -1.12. The van der Waals surface area contributed by atoms with Crippen LogP contribution in [0.25, 0.3) is 0 Å². The molecule has 54 valence electrons. The smallest absolute Gasteiger partial charge is 0.102 e. The molecule has 0 bridgehead atoms. The second kappa shape index (κ2) is 2.25. The summed E-state index contributed by atoms with van der Waals surface area (Å²) in [7, 11) is 3.86. The summed E-state index contributed by atoms with van der Waals surface area (Å²) in [5, 5.41) is 12.4. The zero-order valence-electron chi connectivity index (χ0n) is 6.02. The van der Waals surface area contributed by atoms with Crippen LogP contribution in [0.15, 0.2) is 0 Å². The Labute approximate surface area is 55.7 Å². The number of hydrogen-bond acceptors (Lipinski definition) is 3. The molecule has 0 spiro atoms. The van der Waals surface area contributed by atoms with Crippen molar-refractivity contribution in [2.45, 2.75) is 5.60 Å². The molecule has 2 N–H and O–H groups in total.